The zero-order valence-electron chi connectivity index (χ0n) is 9.75. The fraction of sp³-hybridized carbons (Fsp3) is 0.0714. The van der Waals surface area contributed by atoms with Crippen molar-refractivity contribution < 1.29 is 14.6 Å². The van der Waals surface area contributed by atoms with Crippen molar-refractivity contribution in [1.29, 1.82) is 0 Å². The van der Waals surface area contributed by atoms with E-state index >= 15 is 0 Å². The highest BCUT2D eigenvalue weighted by atomic mass is 16.4. The lowest BCUT2D eigenvalue weighted by Crippen LogP contribution is -1.98. The molecule has 0 atom stereocenters. The summed E-state index contributed by atoms with van der Waals surface area (Å²) in [5.74, 6) is -1.09. The molecule has 1 heterocycles. The van der Waals surface area contributed by atoms with E-state index in [0.29, 0.717) is 0 Å². The van der Waals surface area contributed by atoms with Gasteiger partial charge in [-0.15, -0.1) is 0 Å². The van der Waals surface area contributed by atoms with E-state index in [1.807, 2.05) is 31.2 Å². The highest BCUT2D eigenvalue weighted by Crippen LogP contribution is 2.21. The second kappa shape index (κ2) is 4.79. The van der Waals surface area contributed by atoms with E-state index in [1.54, 1.807) is 12.2 Å². The van der Waals surface area contributed by atoms with Crippen molar-refractivity contribution in [3.05, 3.63) is 57.6 Å². The number of hydrogen-bond acceptors (Lipinski definition) is 4. The minimum atomic E-state index is -0.960. The lowest BCUT2D eigenvalue weighted by atomic mass is 10.1. The van der Waals surface area contributed by atoms with Crippen LogP contribution in [0.3, 0.4) is 0 Å². The summed E-state index contributed by atoms with van der Waals surface area (Å²) in [6, 6.07) is 8.95. The minimum Gasteiger partial charge on any atom is -0.504 e. The van der Waals surface area contributed by atoms with Crippen molar-refractivity contribution in [3.8, 4) is 11.5 Å². The average Bonchev–Trinajstić information content (AvgIpc) is 2.35. The topological polar surface area (TPSA) is 70.7 Å². The molecule has 2 rings (SSSR count). The molecule has 0 saturated heterocycles. The summed E-state index contributed by atoms with van der Waals surface area (Å²) in [4.78, 5) is 11.1. The third kappa shape index (κ3) is 2.60. The molecule has 0 unspecified atom stereocenters. The molecule has 0 radical (unpaired) electrons. The number of aryl methyl sites for hydroxylation is 1. The molecule has 0 fully saturated rings. The summed E-state index contributed by atoms with van der Waals surface area (Å²) in [5.41, 5.74) is 1.13. The molecule has 92 valence electrons. The monoisotopic (exact) mass is 244 g/mol. The van der Waals surface area contributed by atoms with Gasteiger partial charge >= 0.3 is 5.63 Å². The first-order chi connectivity index (χ1) is 8.56. The van der Waals surface area contributed by atoms with Crippen molar-refractivity contribution in [2.45, 2.75) is 6.92 Å². The van der Waals surface area contributed by atoms with Crippen LogP contribution in [0.2, 0.25) is 0 Å². The summed E-state index contributed by atoms with van der Waals surface area (Å²) in [6.07, 6.45) is 3.29. The van der Waals surface area contributed by atoms with Crippen LogP contribution in [0.25, 0.3) is 12.2 Å². The molecule has 0 bridgehead atoms. The third-order valence-electron chi connectivity index (χ3n) is 2.44. The second-order valence-electron chi connectivity index (χ2n) is 3.91. The molecule has 0 spiro atoms. The van der Waals surface area contributed by atoms with Crippen LogP contribution >= 0.6 is 0 Å². The van der Waals surface area contributed by atoms with Crippen molar-refractivity contribution in [3.63, 3.8) is 0 Å². The van der Waals surface area contributed by atoms with Crippen LogP contribution in [0.4, 0.5) is 0 Å². The van der Waals surface area contributed by atoms with Crippen LogP contribution in [0, 0.1) is 6.92 Å². The Kier molecular flexibility index (Phi) is 3.19. The molecule has 0 aliphatic carbocycles. The van der Waals surface area contributed by atoms with E-state index in [4.69, 9.17) is 9.52 Å². The summed E-state index contributed by atoms with van der Waals surface area (Å²) in [6.45, 7) is 1.99. The van der Waals surface area contributed by atoms with Crippen LogP contribution in [0.15, 0.2) is 39.5 Å². The Morgan fingerprint density at radius 3 is 2.39 bits per heavy atom. The number of hydrogen-bond donors (Lipinski definition) is 2. The zero-order chi connectivity index (χ0) is 13.1. The number of aromatic hydroxyl groups is 2. The van der Waals surface area contributed by atoms with E-state index in [0.717, 1.165) is 11.1 Å². The maximum atomic E-state index is 11.1. The zero-order valence-corrected chi connectivity index (χ0v) is 9.75. The molecule has 18 heavy (non-hydrogen) atoms. The Bertz CT molecular complexity index is 636. The lowest BCUT2D eigenvalue weighted by molar-refractivity contribution is 0.362. The molecule has 0 amide bonds. The maximum Gasteiger partial charge on any atom is 0.382 e. The smallest absolute Gasteiger partial charge is 0.382 e. The van der Waals surface area contributed by atoms with Crippen molar-refractivity contribution in [2.75, 3.05) is 0 Å². The second-order valence-corrected chi connectivity index (χ2v) is 3.91. The third-order valence-corrected chi connectivity index (χ3v) is 2.44. The van der Waals surface area contributed by atoms with Gasteiger partial charge in [0, 0.05) is 6.07 Å². The first-order valence-electron chi connectivity index (χ1n) is 5.37. The van der Waals surface area contributed by atoms with E-state index in [1.165, 1.54) is 6.07 Å². The van der Waals surface area contributed by atoms with Crippen LogP contribution in [-0.4, -0.2) is 10.2 Å². The fourth-order valence-electron chi connectivity index (χ4n) is 1.43. The predicted octanol–water partition coefficient (Wildman–Crippen LogP) is 2.53. The molecule has 1 aromatic heterocycles. The SMILES string of the molecule is Cc1ccc(/C=C/c2cc(O)c(O)c(=O)o2)cc1. The van der Waals surface area contributed by atoms with E-state index in [-0.39, 0.29) is 5.76 Å². The summed E-state index contributed by atoms with van der Waals surface area (Å²) in [7, 11) is 0. The first kappa shape index (κ1) is 12.0. The largest absolute Gasteiger partial charge is 0.504 e. The highest BCUT2D eigenvalue weighted by molar-refractivity contribution is 5.68. The minimum absolute atomic E-state index is 0.177. The standard InChI is InChI=1S/C14H12O4/c1-9-2-4-10(5-3-9)6-7-11-8-12(15)13(16)14(17)18-11/h2-8,15-16H,1H3/b7-6+. The quantitative estimate of drug-likeness (QED) is 0.851. The van der Waals surface area contributed by atoms with E-state index in [2.05, 4.69) is 0 Å². The Morgan fingerprint density at radius 1 is 1.11 bits per heavy atom. The van der Waals surface area contributed by atoms with Gasteiger partial charge in [-0.1, -0.05) is 35.9 Å². The van der Waals surface area contributed by atoms with Gasteiger partial charge < -0.3 is 14.6 Å². The van der Waals surface area contributed by atoms with Crippen LogP contribution < -0.4 is 5.63 Å². The molecule has 4 heteroatoms. The fourth-order valence-corrected chi connectivity index (χ4v) is 1.43. The lowest BCUT2D eigenvalue weighted by Gasteiger charge is -1.97. The molecular formula is C14H12O4. The van der Waals surface area contributed by atoms with Gasteiger partial charge in [0.2, 0.25) is 5.75 Å². The molecule has 0 aliphatic heterocycles. The van der Waals surface area contributed by atoms with Crippen LogP contribution in [0.1, 0.15) is 16.9 Å². The molecule has 1 aromatic carbocycles. The summed E-state index contributed by atoms with van der Waals surface area (Å²) < 4.78 is 4.78. The van der Waals surface area contributed by atoms with Crippen molar-refractivity contribution in [2.24, 2.45) is 0 Å². The Hall–Kier alpha value is -2.49. The van der Waals surface area contributed by atoms with Gasteiger partial charge in [0.05, 0.1) is 0 Å². The van der Waals surface area contributed by atoms with Gasteiger partial charge in [0.15, 0.2) is 5.75 Å². The molecular weight excluding hydrogens is 232 g/mol. The Morgan fingerprint density at radius 2 is 1.78 bits per heavy atom. The molecule has 2 N–H and O–H groups in total. The number of benzene rings is 1. The van der Waals surface area contributed by atoms with Gasteiger partial charge in [0.1, 0.15) is 5.76 Å². The Balaban J connectivity index is 2.29. The van der Waals surface area contributed by atoms with Crippen molar-refractivity contribution in [1.82, 2.24) is 0 Å². The number of rotatable bonds is 2. The molecule has 4 nitrogen and oxygen atoms in total. The van der Waals surface area contributed by atoms with Gasteiger partial charge in [-0.05, 0) is 18.6 Å². The van der Waals surface area contributed by atoms with Crippen LogP contribution in [0.5, 0.6) is 11.5 Å². The molecule has 0 aliphatic rings. The normalized spacial score (nSPS) is 10.9. The first-order valence-corrected chi connectivity index (χ1v) is 5.37. The van der Waals surface area contributed by atoms with E-state index in [9.17, 15) is 9.90 Å². The van der Waals surface area contributed by atoms with Gasteiger partial charge in [-0.3, -0.25) is 0 Å². The van der Waals surface area contributed by atoms with Crippen LogP contribution in [-0.2, 0) is 0 Å². The average molecular weight is 244 g/mol. The maximum absolute atomic E-state index is 11.1. The van der Waals surface area contributed by atoms with Gasteiger partial charge in [-0.25, -0.2) is 4.79 Å². The van der Waals surface area contributed by atoms with Crippen molar-refractivity contribution >= 4 is 12.2 Å². The Labute approximate surface area is 103 Å². The summed E-state index contributed by atoms with van der Waals surface area (Å²) in [5, 5.41) is 18.3. The highest BCUT2D eigenvalue weighted by Gasteiger charge is 2.07. The summed E-state index contributed by atoms with van der Waals surface area (Å²) >= 11 is 0. The van der Waals surface area contributed by atoms with E-state index < -0.39 is 17.1 Å². The predicted molar refractivity (Wildman–Crippen MR) is 68.4 cm³/mol. The van der Waals surface area contributed by atoms with Gasteiger partial charge in [0.25, 0.3) is 0 Å². The molecule has 2 aromatic rings. The van der Waals surface area contributed by atoms with Gasteiger partial charge in [-0.2, -0.15) is 0 Å². The molecule has 0 saturated carbocycles.